The maximum Gasteiger partial charge on any atom is 0.116 e. The summed E-state index contributed by atoms with van der Waals surface area (Å²) < 4.78 is 0. The minimum Gasteiger partial charge on any atom is -0.0808 e. The van der Waals surface area contributed by atoms with Gasteiger partial charge in [-0.3, -0.25) is 0 Å². The number of benzene rings is 4. The third-order valence-electron chi connectivity index (χ3n) is 7.25. The third-order valence-corrected chi connectivity index (χ3v) is 11.6. The summed E-state index contributed by atoms with van der Waals surface area (Å²) in [5.41, 5.74) is 2.82. The number of hydrogen-bond acceptors (Lipinski definition) is 0. The molecule has 0 radical (unpaired) electrons. The van der Waals surface area contributed by atoms with Gasteiger partial charge in [0.15, 0.2) is 0 Å². The largest absolute Gasteiger partial charge is 0.116 e. The average molecular weight is 462 g/mol. The molecular weight excluding hydrogens is 427 g/mol. The summed E-state index contributed by atoms with van der Waals surface area (Å²) in [6.07, 6.45) is 12.8. The van der Waals surface area contributed by atoms with Gasteiger partial charge < -0.3 is 0 Å². The lowest BCUT2D eigenvalue weighted by atomic mass is 9.88. The van der Waals surface area contributed by atoms with Gasteiger partial charge in [-0.15, -0.1) is 0 Å². The van der Waals surface area contributed by atoms with Crippen molar-refractivity contribution in [3.63, 3.8) is 0 Å². The van der Waals surface area contributed by atoms with Gasteiger partial charge in [0.05, 0.1) is 6.16 Å². The molecule has 4 aromatic carbocycles. The van der Waals surface area contributed by atoms with Gasteiger partial charge in [0.25, 0.3) is 0 Å². The first-order chi connectivity index (χ1) is 16.9. The lowest BCUT2D eigenvalue weighted by Crippen LogP contribution is -2.32. The zero-order valence-corrected chi connectivity index (χ0v) is 20.8. The summed E-state index contributed by atoms with van der Waals surface area (Å²) in [6.45, 7) is 0. The first kappa shape index (κ1) is 22.8. The Morgan fingerprint density at radius 3 is 1.56 bits per heavy atom. The Balaban J connectivity index is 1.64. The molecule has 0 unspecified atom stereocenters. The van der Waals surface area contributed by atoms with Gasteiger partial charge >= 0.3 is 0 Å². The molecule has 0 nitrogen and oxygen atoms in total. The van der Waals surface area contributed by atoms with Gasteiger partial charge in [-0.2, -0.15) is 0 Å². The first-order valence-electron chi connectivity index (χ1n) is 12.7. The molecule has 0 atom stereocenters. The summed E-state index contributed by atoms with van der Waals surface area (Å²) in [5.74, 6) is 0.735. The van der Waals surface area contributed by atoms with Crippen molar-refractivity contribution >= 4 is 29.3 Å². The summed E-state index contributed by atoms with van der Waals surface area (Å²) in [7, 11) is -1.89. The topological polar surface area (TPSA) is 0 Å². The fourth-order valence-corrected chi connectivity index (χ4v) is 9.72. The van der Waals surface area contributed by atoms with E-state index in [2.05, 4.69) is 127 Å². The van der Waals surface area contributed by atoms with Crippen LogP contribution in [-0.2, 0) is 6.16 Å². The Labute approximate surface area is 205 Å². The van der Waals surface area contributed by atoms with Crippen LogP contribution in [0.2, 0.25) is 0 Å². The predicted octanol–water partition coefficient (Wildman–Crippen LogP) is 7.77. The highest BCUT2D eigenvalue weighted by Gasteiger charge is 2.45. The van der Waals surface area contributed by atoms with Crippen molar-refractivity contribution in [3.05, 3.63) is 132 Å². The van der Waals surface area contributed by atoms with Crippen LogP contribution in [0, 0.1) is 5.92 Å². The van der Waals surface area contributed by atoms with Gasteiger partial charge in [0.2, 0.25) is 0 Å². The van der Waals surface area contributed by atoms with E-state index in [0.29, 0.717) is 0 Å². The fourth-order valence-electron chi connectivity index (χ4n) is 5.43. The highest BCUT2D eigenvalue weighted by molar-refractivity contribution is 7.95. The summed E-state index contributed by atoms with van der Waals surface area (Å²) in [6, 6.07) is 42.7. The second-order valence-corrected chi connectivity index (χ2v) is 12.9. The van der Waals surface area contributed by atoms with Crippen LogP contribution in [0.15, 0.2) is 121 Å². The van der Waals surface area contributed by atoms with E-state index in [4.69, 9.17) is 0 Å². The predicted molar refractivity (Wildman–Crippen MR) is 151 cm³/mol. The van der Waals surface area contributed by atoms with Gasteiger partial charge in [0, 0.05) is 0 Å². The van der Waals surface area contributed by atoms with Crippen molar-refractivity contribution in [2.75, 3.05) is 0 Å². The molecular formula is C33H34P+. The van der Waals surface area contributed by atoms with Gasteiger partial charge in [-0.1, -0.05) is 110 Å². The van der Waals surface area contributed by atoms with E-state index < -0.39 is 7.26 Å². The first-order valence-corrected chi connectivity index (χ1v) is 14.6. The standard InChI is InChI=1S/C33H34P/c1-5-15-28(16-6-1)25-26-29-17-13-14-18-30(29)27-34(31-19-7-2-8-20-31,32-21-9-3-10-22-32)33-23-11-4-12-24-33/h2-4,7-14,17-26,28H,1,5-6,15-16,27H2/q+1. The lowest BCUT2D eigenvalue weighted by molar-refractivity contribution is 0.420. The van der Waals surface area contributed by atoms with Crippen molar-refractivity contribution in [1.82, 2.24) is 0 Å². The summed E-state index contributed by atoms with van der Waals surface area (Å²) in [5, 5.41) is 4.33. The fraction of sp³-hybridized carbons (Fsp3) is 0.212. The van der Waals surface area contributed by atoms with E-state index in [0.717, 1.165) is 12.1 Å². The van der Waals surface area contributed by atoms with E-state index in [1.165, 1.54) is 59.1 Å². The highest BCUT2D eigenvalue weighted by atomic mass is 31.2. The number of rotatable bonds is 7. The maximum absolute atomic E-state index is 2.49. The molecule has 4 aromatic rings. The summed E-state index contributed by atoms with van der Waals surface area (Å²) >= 11 is 0. The Hall–Kier alpha value is -2.95. The highest BCUT2D eigenvalue weighted by Crippen LogP contribution is 2.58. The lowest BCUT2D eigenvalue weighted by Gasteiger charge is -2.28. The van der Waals surface area contributed by atoms with Crippen LogP contribution in [0.5, 0.6) is 0 Å². The summed E-state index contributed by atoms with van der Waals surface area (Å²) in [4.78, 5) is 0. The molecule has 1 aliphatic carbocycles. The Morgan fingerprint density at radius 2 is 1.03 bits per heavy atom. The molecule has 0 saturated heterocycles. The maximum atomic E-state index is 2.49. The number of allylic oxidation sites excluding steroid dienone is 1. The molecule has 0 spiro atoms. The molecule has 1 fully saturated rings. The van der Waals surface area contributed by atoms with Crippen LogP contribution in [0.4, 0.5) is 0 Å². The Morgan fingerprint density at radius 1 is 0.559 bits per heavy atom. The molecule has 5 rings (SSSR count). The van der Waals surface area contributed by atoms with Crippen molar-refractivity contribution in [1.29, 1.82) is 0 Å². The van der Waals surface area contributed by atoms with Crippen molar-refractivity contribution in [2.45, 2.75) is 38.3 Å². The van der Waals surface area contributed by atoms with Gasteiger partial charge in [-0.05, 0) is 66.3 Å². The van der Waals surface area contributed by atoms with E-state index in [-0.39, 0.29) is 0 Å². The van der Waals surface area contributed by atoms with E-state index in [1.807, 2.05) is 0 Å². The second-order valence-electron chi connectivity index (χ2n) is 9.43. The van der Waals surface area contributed by atoms with Crippen LogP contribution in [0.1, 0.15) is 43.2 Å². The molecule has 34 heavy (non-hydrogen) atoms. The van der Waals surface area contributed by atoms with Crippen molar-refractivity contribution in [3.8, 4) is 0 Å². The van der Waals surface area contributed by atoms with Crippen LogP contribution in [-0.4, -0.2) is 0 Å². The van der Waals surface area contributed by atoms with Gasteiger partial charge in [-0.25, -0.2) is 0 Å². The van der Waals surface area contributed by atoms with Crippen LogP contribution >= 0.6 is 7.26 Å². The van der Waals surface area contributed by atoms with Crippen molar-refractivity contribution in [2.24, 2.45) is 5.92 Å². The molecule has 0 aromatic heterocycles. The van der Waals surface area contributed by atoms with Crippen LogP contribution in [0.25, 0.3) is 6.08 Å². The zero-order valence-electron chi connectivity index (χ0n) is 19.9. The quantitative estimate of drug-likeness (QED) is 0.247. The SMILES string of the molecule is C(=CC1CCCCC1)c1ccccc1C[P+](c1ccccc1)(c1ccccc1)c1ccccc1. The second kappa shape index (κ2) is 11.0. The molecule has 170 valence electrons. The smallest absolute Gasteiger partial charge is 0.0808 e. The van der Waals surface area contributed by atoms with Crippen molar-refractivity contribution < 1.29 is 0 Å². The van der Waals surface area contributed by atoms with Gasteiger partial charge in [0.1, 0.15) is 23.2 Å². The van der Waals surface area contributed by atoms with Crippen LogP contribution in [0.3, 0.4) is 0 Å². The Kier molecular flexibility index (Phi) is 7.37. The minimum absolute atomic E-state index is 0.735. The minimum atomic E-state index is -1.89. The molecule has 0 bridgehead atoms. The van der Waals surface area contributed by atoms with E-state index in [9.17, 15) is 0 Å². The molecule has 0 aliphatic heterocycles. The monoisotopic (exact) mass is 461 g/mol. The van der Waals surface area contributed by atoms with E-state index in [1.54, 1.807) is 0 Å². The normalized spacial score (nSPS) is 14.9. The average Bonchev–Trinajstić information content (AvgIpc) is 2.93. The molecule has 0 amide bonds. The molecule has 1 aliphatic rings. The van der Waals surface area contributed by atoms with Crippen LogP contribution < -0.4 is 15.9 Å². The molecule has 0 heterocycles. The van der Waals surface area contributed by atoms with E-state index >= 15 is 0 Å². The number of hydrogen-bond donors (Lipinski definition) is 0. The third kappa shape index (κ3) is 4.94. The Bertz CT molecular complexity index is 1090. The zero-order chi connectivity index (χ0) is 23.1. The molecule has 1 heteroatoms. The molecule has 1 saturated carbocycles. The molecule has 0 N–H and O–H groups in total.